The van der Waals surface area contributed by atoms with Crippen LogP contribution in [0.5, 0.6) is 0 Å². The molecule has 0 bridgehead atoms. The van der Waals surface area contributed by atoms with Crippen molar-refractivity contribution in [1.82, 2.24) is 0 Å². The number of hydrogen-bond acceptors (Lipinski definition) is 2. The predicted octanol–water partition coefficient (Wildman–Crippen LogP) is 3.53. The van der Waals surface area contributed by atoms with Crippen molar-refractivity contribution in [2.24, 2.45) is 5.41 Å². The minimum Gasteiger partial charge on any atom is -0.481 e. The molecule has 3 N–H and O–H groups in total. The number of aliphatic carboxylic acids is 1. The fourth-order valence-electron chi connectivity index (χ4n) is 1.79. The third kappa shape index (κ3) is 3.93. The van der Waals surface area contributed by atoms with E-state index in [-0.39, 0.29) is 5.41 Å². The lowest BCUT2D eigenvalue weighted by Crippen LogP contribution is -2.20. The van der Waals surface area contributed by atoms with Crippen LogP contribution >= 0.6 is 11.6 Å². The second kappa shape index (κ2) is 4.96. The Morgan fingerprint density at radius 3 is 2.53 bits per heavy atom. The van der Waals surface area contributed by atoms with Gasteiger partial charge < -0.3 is 10.8 Å². The lowest BCUT2D eigenvalue weighted by molar-refractivity contribution is -0.139. The molecule has 0 aromatic heterocycles. The molecule has 4 heteroatoms. The van der Waals surface area contributed by atoms with Gasteiger partial charge >= 0.3 is 5.97 Å². The van der Waals surface area contributed by atoms with E-state index in [0.717, 1.165) is 0 Å². The third-order valence-corrected chi connectivity index (χ3v) is 2.77. The van der Waals surface area contributed by atoms with Crippen LogP contribution in [0.15, 0.2) is 18.2 Å². The average Bonchev–Trinajstić information content (AvgIpc) is 2.17. The van der Waals surface area contributed by atoms with E-state index in [9.17, 15) is 9.90 Å². The Bertz CT molecular complexity index is 424. The molecule has 0 amide bonds. The number of carboxylic acids is 1. The maximum Gasteiger partial charge on any atom is 0.311 e. The molecule has 17 heavy (non-hydrogen) atoms. The first-order valence-corrected chi connectivity index (χ1v) is 5.86. The molecule has 0 aliphatic rings. The molecule has 0 aliphatic carbocycles. The largest absolute Gasteiger partial charge is 0.481 e. The third-order valence-electron chi connectivity index (χ3n) is 2.54. The van der Waals surface area contributed by atoms with Gasteiger partial charge in [0.15, 0.2) is 0 Å². The first-order valence-electron chi connectivity index (χ1n) is 5.48. The number of carboxylic acid groups (broad SMARTS) is 1. The van der Waals surface area contributed by atoms with Gasteiger partial charge in [0.05, 0.1) is 5.92 Å². The standard InChI is InChI=1S/C13H18ClNO2/c1-13(2,3)7-10(12(16)17)9-6-8(14)4-5-11(9)15/h4-6,10H,7,15H2,1-3H3,(H,16,17). The normalized spacial score (nSPS) is 13.4. The topological polar surface area (TPSA) is 63.3 Å². The first kappa shape index (κ1) is 13.8. The lowest BCUT2D eigenvalue weighted by Gasteiger charge is -2.24. The predicted molar refractivity (Wildman–Crippen MR) is 70.3 cm³/mol. The van der Waals surface area contributed by atoms with Gasteiger partial charge in [-0.15, -0.1) is 0 Å². The zero-order valence-corrected chi connectivity index (χ0v) is 11.1. The van der Waals surface area contributed by atoms with Crippen molar-refractivity contribution in [3.63, 3.8) is 0 Å². The van der Waals surface area contributed by atoms with Gasteiger partial charge in [-0.05, 0) is 35.6 Å². The molecule has 0 radical (unpaired) electrons. The van der Waals surface area contributed by atoms with Gasteiger partial charge in [0.1, 0.15) is 0 Å². The van der Waals surface area contributed by atoms with Gasteiger partial charge in [0, 0.05) is 10.7 Å². The van der Waals surface area contributed by atoms with Gasteiger partial charge in [-0.3, -0.25) is 4.79 Å². The molecule has 1 rings (SSSR count). The van der Waals surface area contributed by atoms with E-state index < -0.39 is 11.9 Å². The Morgan fingerprint density at radius 2 is 2.06 bits per heavy atom. The summed E-state index contributed by atoms with van der Waals surface area (Å²) in [6, 6.07) is 4.95. The van der Waals surface area contributed by atoms with E-state index in [4.69, 9.17) is 17.3 Å². The fraction of sp³-hybridized carbons (Fsp3) is 0.462. The molecule has 0 aliphatic heterocycles. The van der Waals surface area contributed by atoms with E-state index in [1.807, 2.05) is 20.8 Å². The summed E-state index contributed by atoms with van der Waals surface area (Å²) < 4.78 is 0. The minimum atomic E-state index is -0.867. The van der Waals surface area contributed by atoms with Gasteiger partial charge in [0.2, 0.25) is 0 Å². The van der Waals surface area contributed by atoms with Crippen molar-refractivity contribution in [2.45, 2.75) is 33.1 Å². The Kier molecular flexibility index (Phi) is 4.04. The smallest absolute Gasteiger partial charge is 0.311 e. The van der Waals surface area contributed by atoms with Crippen LogP contribution in [0.4, 0.5) is 5.69 Å². The zero-order valence-electron chi connectivity index (χ0n) is 10.3. The van der Waals surface area contributed by atoms with Crippen LogP contribution < -0.4 is 5.73 Å². The highest BCUT2D eigenvalue weighted by molar-refractivity contribution is 6.30. The van der Waals surface area contributed by atoms with E-state index in [1.165, 1.54) is 0 Å². The Labute approximate surface area is 107 Å². The van der Waals surface area contributed by atoms with Crippen LogP contribution in [0.25, 0.3) is 0 Å². The molecule has 0 fully saturated rings. The van der Waals surface area contributed by atoms with Crippen LogP contribution in [0.3, 0.4) is 0 Å². The SMILES string of the molecule is CC(C)(C)CC(C(=O)O)c1cc(Cl)ccc1N. The first-order chi connectivity index (χ1) is 7.70. The highest BCUT2D eigenvalue weighted by Crippen LogP contribution is 2.35. The molecule has 0 saturated heterocycles. The molecule has 1 aromatic rings. The molecular formula is C13H18ClNO2. The highest BCUT2D eigenvalue weighted by Gasteiger charge is 2.27. The van der Waals surface area contributed by atoms with Crippen molar-refractivity contribution >= 4 is 23.3 Å². The van der Waals surface area contributed by atoms with Crippen LogP contribution in [0.2, 0.25) is 5.02 Å². The molecule has 0 saturated carbocycles. The van der Waals surface area contributed by atoms with Crippen LogP contribution in [0, 0.1) is 5.41 Å². The number of nitrogen functional groups attached to an aromatic ring is 1. The summed E-state index contributed by atoms with van der Waals surface area (Å²) in [7, 11) is 0. The summed E-state index contributed by atoms with van der Waals surface area (Å²) in [4.78, 5) is 11.3. The van der Waals surface area contributed by atoms with Crippen molar-refractivity contribution in [2.75, 3.05) is 5.73 Å². The van der Waals surface area contributed by atoms with Gasteiger partial charge in [-0.2, -0.15) is 0 Å². The summed E-state index contributed by atoms with van der Waals surface area (Å²) >= 11 is 5.89. The molecule has 94 valence electrons. The second-order valence-electron chi connectivity index (χ2n) is 5.43. The molecular weight excluding hydrogens is 238 g/mol. The molecule has 1 aromatic carbocycles. The Balaban J connectivity index is 3.14. The number of benzene rings is 1. The summed E-state index contributed by atoms with van der Waals surface area (Å²) in [5.74, 6) is -1.48. The highest BCUT2D eigenvalue weighted by atomic mass is 35.5. The summed E-state index contributed by atoms with van der Waals surface area (Å²) in [6.07, 6.45) is 0.521. The van der Waals surface area contributed by atoms with Gasteiger partial charge in [-0.25, -0.2) is 0 Å². The molecule has 0 heterocycles. The van der Waals surface area contributed by atoms with Crippen molar-refractivity contribution in [3.8, 4) is 0 Å². The lowest BCUT2D eigenvalue weighted by atomic mass is 9.81. The van der Waals surface area contributed by atoms with E-state index >= 15 is 0 Å². The minimum absolute atomic E-state index is 0.0855. The maximum absolute atomic E-state index is 11.3. The zero-order chi connectivity index (χ0) is 13.2. The maximum atomic E-state index is 11.3. The number of nitrogens with two attached hydrogens (primary N) is 1. The summed E-state index contributed by atoms with van der Waals surface area (Å²) in [6.45, 7) is 6.01. The number of rotatable bonds is 3. The van der Waals surface area contributed by atoms with Gasteiger partial charge in [-0.1, -0.05) is 32.4 Å². The van der Waals surface area contributed by atoms with Gasteiger partial charge in [0.25, 0.3) is 0 Å². The number of halogens is 1. The molecule has 1 unspecified atom stereocenters. The summed E-state index contributed by atoms with van der Waals surface area (Å²) in [5, 5.41) is 9.82. The second-order valence-corrected chi connectivity index (χ2v) is 5.87. The van der Waals surface area contributed by atoms with Crippen molar-refractivity contribution < 1.29 is 9.90 Å². The monoisotopic (exact) mass is 255 g/mol. The Morgan fingerprint density at radius 1 is 1.47 bits per heavy atom. The molecule has 0 spiro atoms. The van der Waals surface area contributed by atoms with Crippen molar-refractivity contribution in [3.05, 3.63) is 28.8 Å². The number of hydrogen-bond donors (Lipinski definition) is 2. The van der Waals surface area contributed by atoms with E-state index in [1.54, 1.807) is 18.2 Å². The summed E-state index contributed by atoms with van der Waals surface area (Å²) in [5.41, 5.74) is 6.81. The molecule has 3 nitrogen and oxygen atoms in total. The molecule has 1 atom stereocenters. The average molecular weight is 256 g/mol. The van der Waals surface area contributed by atoms with E-state index in [0.29, 0.717) is 22.7 Å². The van der Waals surface area contributed by atoms with Crippen LogP contribution in [0.1, 0.15) is 38.7 Å². The quantitative estimate of drug-likeness (QED) is 0.812. The van der Waals surface area contributed by atoms with Crippen LogP contribution in [-0.4, -0.2) is 11.1 Å². The van der Waals surface area contributed by atoms with Crippen molar-refractivity contribution in [1.29, 1.82) is 0 Å². The fourth-order valence-corrected chi connectivity index (χ4v) is 1.97. The van der Waals surface area contributed by atoms with Crippen LogP contribution in [-0.2, 0) is 4.79 Å². The number of anilines is 1. The number of carbonyl (C=O) groups is 1. The van der Waals surface area contributed by atoms with E-state index in [2.05, 4.69) is 0 Å². The Hall–Kier alpha value is -1.22.